The molecule has 1 rings (SSSR count). The maximum absolute atomic E-state index is 10.6. The van der Waals surface area contributed by atoms with E-state index in [1.54, 1.807) is 6.20 Å². The number of hydrogen-bond acceptors (Lipinski definition) is 2. The van der Waals surface area contributed by atoms with Gasteiger partial charge in [0.2, 0.25) is 0 Å². The molecular weight excluding hydrogens is 292 g/mol. The number of aliphatic hydroxyl groups is 1. The Morgan fingerprint density at radius 1 is 1.22 bits per heavy atom. The van der Waals surface area contributed by atoms with Gasteiger partial charge in [0.05, 0.1) is 22.5 Å². The van der Waals surface area contributed by atoms with E-state index in [0.29, 0.717) is 5.92 Å². The van der Waals surface area contributed by atoms with Crippen LogP contribution in [0.3, 0.4) is 0 Å². The van der Waals surface area contributed by atoms with Gasteiger partial charge in [0.1, 0.15) is 0 Å². The molecule has 1 N–H and O–H groups in total. The monoisotopic (exact) mass is 316 g/mol. The first-order valence-corrected chi connectivity index (χ1v) is 7.84. The minimum Gasteiger partial charge on any atom is -0.386 e. The summed E-state index contributed by atoms with van der Waals surface area (Å²) >= 11 is 3.51. The van der Waals surface area contributed by atoms with Crippen LogP contribution in [0.15, 0.2) is 10.7 Å². The molecule has 0 fully saturated rings. The van der Waals surface area contributed by atoms with Gasteiger partial charge in [-0.25, -0.2) is 0 Å². The molecule has 3 nitrogen and oxygen atoms in total. The molecule has 1 heterocycles. The molecule has 0 bridgehead atoms. The molecule has 1 aromatic heterocycles. The lowest BCUT2D eigenvalue weighted by Crippen LogP contribution is -2.18. The molecule has 0 aromatic carbocycles. The van der Waals surface area contributed by atoms with Crippen LogP contribution in [-0.2, 0) is 6.54 Å². The van der Waals surface area contributed by atoms with Crippen molar-refractivity contribution < 1.29 is 5.11 Å². The van der Waals surface area contributed by atoms with Crippen molar-refractivity contribution in [2.24, 2.45) is 5.92 Å². The number of aromatic nitrogens is 2. The molecule has 0 aliphatic rings. The predicted molar refractivity (Wildman–Crippen MR) is 78.5 cm³/mol. The number of aryl methyl sites for hydroxylation is 1. The highest BCUT2D eigenvalue weighted by molar-refractivity contribution is 9.10. The summed E-state index contributed by atoms with van der Waals surface area (Å²) in [6.07, 6.45) is 6.77. The van der Waals surface area contributed by atoms with Gasteiger partial charge in [0, 0.05) is 6.54 Å². The van der Waals surface area contributed by atoms with Gasteiger partial charge in [-0.3, -0.25) is 4.68 Å². The SMILES string of the molecule is CCCC(CCC)C(O)c1c(Br)cnn1CCC. The second kappa shape index (κ2) is 7.95. The van der Waals surface area contributed by atoms with Crippen LogP contribution in [0.4, 0.5) is 0 Å². The molecule has 1 atom stereocenters. The molecule has 1 unspecified atom stereocenters. The Bertz CT molecular complexity index is 346. The summed E-state index contributed by atoms with van der Waals surface area (Å²) in [5.41, 5.74) is 0.948. The molecule has 0 spiro atoms. The summed E-state index contributed by atoms with van der Waals surface area (Å²) in [6.45, 7) is 7.34. The first-order chi connectivity index (χ1) is 8.65. The molecule has 104 valence electrons. The Kier molecular flexibility index (Phi) is 6.94. The van der Waals surface area contributed by atoms with Gasteiger partial charge in [0.15, 0.2) is 0 Å². The number of hydrogen-bond donors (Lipinski definition) is 1. The highest BCUT2D eigenvalue weighted by atomic mass is 79.9. The summed E-state index contributed by atoms with van der Waals surface area (Å²) < 4.78 is 2.87. The van der Waals surface area contributed by atoms with E-state index in [2.05, 4.69) is 41.8 Å². The summed E-state index contributed by atoms with van der Waals surface area (Å²) in [7, 11) is 0. The number of halogens is 1. The Morgan fingerprint density at radius 2 is 1.83 bits per heavy atom. The molecule has 0 aliphatic heterocycles. The van der Waals surface area contributed by atoms with Crippen molar-refractivity contribution in [3.05, 3.63) is 16.4 Å². The second-order valence-electron chi connectivity index (χ2n) is 4.88. The van der Waals surface area contributed by atoms with Crippen LogP contribution in [0.25, 0.3) is 0 Å². The van der Waals surface area contributed by atoms with Gasteiger partial charge < -0.3 is 5.11 Å². The van der Waals surface area contributed by atoms with E-state index in [4.69, 9.17) is 0 Å². The number of rotatable bonds is 8. The van der Waals surface area contributed by atoms with Crippen LogP contribution in [0.5, 0.6) is 0 Å². The highest BCUT2D eigenvalue weighted by Crippen LogP contribution is 2.33. The van der Waals surface area contributed by atoms with Crippen molar-refractivity contribution in [1.82, 2.24) is 9.78 Å². The molecular formula is C14H25BrN2O. The Balaban J connectivity index is 2.91. The fourth-order valence-corrected chi connectivity index (χ4v) is 3.01. The Labute approximate surface area is 119 Å². The minimum atomic E-state index is -0.409. The largest absolute Gasteiger partial charge is 0.386 e. The predicted octanol–water partition coefficient (Wildman–Crippen LogP) is 4.31. The van der Waals surface area contributed by atoms with E-state index in [1.807, 2.05) is 4.68 Å². The topological polar surface area (TPSA) is 38.1 Å². The third kappa shape index (κ3) is 3.82. The molecule has 0 saturated heterocycles. The molecule has 18 heavy (non-hydrogen) atoms. The van der Waals surface area contributed by atoms with Crippen LogP contribution in [0, 0.1) is 5.92 Å². The summed E-state index contributed by atoms with van der Waals surface area (Å²) in [5.74, 6) is 0.337. The van der Waals surface area contributed by atoms with Crippen molar-refractivity contribution in [2.75, 3.05) is 0 Å². The van der Waals surface area contributed by atoms with Gasteiger partial charge in [-0.1, -0.05) is 33.6 Å². The average molecular weight is 317 g/mol. The molecule has 0 amide bonds. The van der Waals surface area contributed by atoms with Crippen LogP contribution >= 0.6 is 15.9 Å². The van der Waals surface area contributed by atoms with E-state index in [9.17, 15) is 5.11 Å². The zero-order valence-corrected chi connectivity index (χ0v) is 13.3. The standard InChI is InChI=1S/C14H25BrN2O/c1-4-7-11(8-5-2)14(18)13-12(15)10-16-17(13)9-6-3/h10-11,14,18H,4-9H2,1-3H3. The van der Waals surface area contributed by atoms with Crippen molar-refractivity contribution in [1.29, 1.82) is 0 Å². The van der Waals surface area contributed by atoms with Gasteiger partial charge in [-0.2, -0.15) is 5.10 Å². The van der Waals surface area contributed by atoms with Crippen molar-refractivity contribution in [3.8, 4) is 0 Å². The quantitative estimate of drug-likeness (QED) is 0.776. The Morgan fingerprint density at radius 3 is 2.33 bits per heavy atom. The highest BCUT2D eigenvalue weighted by Gasteiger charge is 2.25. The summed E-state index contributed by atoms with van der Waals surface area (Å²) in [5, 5.41) is 15.0. The molecule has 0 aliphatic carbocycles. The minimum absolute atomic E-state index is 0.337. The van der Waals surface area contributed by atoms with Crippen molar-refractivity contribution in [3.63, 3.8) is 0 Å². The summed E-state index contributed by atoms with van der Waals surface area (Å²) in [4.78, 5) is 0. The van der Waals surface area contributed by atoms with Gasteiger partial charge in [0.25, 0.3) is 0 Å². The lowest BCUT2D eigenvalue weighted by molar-refractivity contribution is 0.0869. The molecule has 0 radical (unpaired) electrons. The summed E-state index contributed by atoms with van der Waals surface area (Å²) in [6, 6.07) is 0. The fraction of sp³-hybridized carbons (Fsp3) is 0.786. The van der Waals surface area contributed by atoms with E-state index in [1.165, 1.54) is 0 Å². The number of aliphatic hydroxyl groups excluding tert-OH is 1. The van der Waals surface area contributed by atoms with Crippen molar-refractivity contribution >= 4 is 15.9 Å². The van der Waals surface area contributed by atoms with Crippen LogP contribution in [-0.4, -0.2) is 14.9 Å². The lowest BCUT2D eigenvalue weighted by Gasteiger charge is -2.23. The third-order valence-electron chi connectivity index (χ3n) is 3.31. The van der Waals surface area contributed by atoms with Gasteiger partial charge in [-0.05, 0) is 41.1 Å². The molecule has 4 heteroatoms. The fourth-order valence-electron chi connectivity index (χ4n) is 2.48. The number of nitrogens with zero attached hydrogens (tertiary/aromatic N) is 2. The second-order valence-corrected chi connectivity index (χ2v) is 5.74. The lowest BCUT2D eigenvalue weighted by atomic mass is 9.90. The zero-order valence-electron chi connectivity index (χ0n) is 11.7. The molecule has 0 saturated carbocycles. The smallest absolute Gasteiger partial charge is 0.0996 e. The van der Waals surface area contributed by atoms with Crippen molar-refractivity contribution in [2.45, 2.75) is 65.5 Å². The van der Waals surface area contributed by atoms with Crippen LogP contribution in [0.1, 0.15) is 64.7 Å². The normalized spacial score (nSPS) is 13.2. The first-order valence-electron chi connectivity index (χ1n) is 7.04. The average Bonchev–Trinajstić information content (AvgIpc) is 2.70. The van der Waals surface area contributed by atoms with Gasteiger partial charge >= 0.3 is 0 Å². The van der Waals surface area contributed by atoms with E-state index >= 15 is 0 Å². The van der Waals surface area contributed by atoms with E-state index in [-0.39, 0.29) is 0 Å². The Hall–Kier alpha value is -0.350. The van der Waals surface area contributed by atoms with Crippen LogP contribution < -0.4 is 0 Å². The maximum Gasteiger partial charge on any atom is 0.0996 e. The van der Waals surface area contributed by atoms with Crippen LogP contribution in [0.2, 0.25) is 0 Å². The van der Waals surface area contributed by atoms with E-state index < -0.39 is 6.10 Å². The maximum atomic E-state index is 10.6. The molecule has 1 aromatic rings. The third-order valence-corrected chi connectivity index (χ3v) is 3.93. The van der Waals surface area contributed by atoms with E-state index in [0.717, 1.165) is 48.8 Å². The van der Waals surface area contributed by atoms with Gasteiger partial charge in [-0.15, -0.1) is 0 Å². The first kappa shape index (κ1) is 15.7. The zero-order chi connectivity index (χ0) is 13.5.